The highest BCUT2D eigenvalue weighted by molar-refractivity contribution is 6.22. The van der Waals surface area contributed by atoms with Gasteiger partial charge in [-0.15, -0.1) is 0 Å². The van der Waals surface area contributed by atoms with Crippen molar-refractivity contribution in [3.05, 3.63) is 261 Å². The number of aromatic amines is 1. The Kier molecular flexibility index (Phi) is 7.82. The Morgan fingerprint density at radius 3 is 1.34 bits per heavy atom. The normalized spacial score (nSPS) is 12.7. The van der Waals surface area contributed by atoms with Gasteiger partial charge in [-0.25, -0.2) is 20.0 Å². The van der Waals surface area contributed by atoms with Gasteiger partial charge in [-0.3, -0.25) is 0 Å². The number of H-pyrrole nitrogens is 1. The van der Waals surface area contributed by atoms with Crippen LogP contribution < -0.4 is 21.4 Å². The molecule has 5 heteroatoms. The van der Waals surface area contributed by atoms with E-state index in [1.54, 1.807) is 0 Å². The largest absolute Gasteiger partial charge is 0.354 e. The van der Waals surface area contributed by atoms with Gasteiger partial charge in [-0.05, 0) is 94.0 Å². The van der Waals surface area contributed by atoms with Gasteiger partial charge in [0.25, 0.3) is 0 Å². The molecule has 0 aliphatic carbocycles. The van der Waals surface area contributed by atoms with Crippen LogP contribution in [-0.2, 0) is 0 Å². The van der Waals surface area contributed by atoms with E-state index in [1.165, 1.54) is 0 Å². The van der Waals surface area contributed by atoms with Gasteiger partial charge in [0.1, 0.15) is 0 Å². The van der Waals surface area contributed by atoms with Crippen molar-refractivity contribution >= 4 is 44.6 Å². The summed E-state index contributed by atoms with van der Waals surface area (Å²) in [7, 11) is 0. The molecule has 1 N–H and O–H groups in total. The Balaban J connectivity index is 1.15. The Morgan fingerprint density at radius 1 is 0.268 bits per heavy atom. The number of para-hydroxylation sites is 3. The molecular weight excluding hydrogens is 863 g/mol. The molecule has 326 valence electrons. The summed E-state index contributed by atoms with van der Waals surface area (Å²) in [4.78, 5) is 25.9. The Hall–Kier alpha value is -9.58. The monoisotopic (exact) mass is 899 g/mol. The lowest BCUT2D eigenvalue weighted by atomic mass is 9.76. The molecule has 0 fully saturated rings. The summed E-state index contributed by atoms with van der Waals surface area (Å²) >= 11 is 0. The molecule has 0 radical (unpaired) electrons. The van der Waals surface area contributed by atoms with Gasteiger partial charge in [0.05, 0.1) is 49.7 Å². The maximum Gasteiger partial charge on any atom is 0.0817 e. The molecule has 5 heterocycles. The van der Waals surface area contributed by atoms with E-state index in [2.05, 4.69) is 223 Å². The molecule has 11 aromatic carbocycles. The number of fused-ring (bicyclic) bond motifs is 15. The summed E-state index contributed by atoms with van der Waals surface area (Å²) < 4.78 is 0. The van der Waals surface area contributed by atoms with E-state index in [-0.39, 0.29) is 0 Å². The lowest BCUT2D eigenvalue weighted by Gasteiger charge is -2.26. The topological polar surface area (TPSA) is 65.2 Å². The zero-order chi connectivity index (χ0) is 46.3. The van der Waals surface area contributed by atoms with Crippen LogP contribution >= 0.6 is 0 Å². The zero-order valence-electron chi connectivity index (χ0n) is 38.1. The lowest BCUT2D eigenvalue weighted by molar-refractivity contribution is 1.36. The van der Waals surface area contributed by atoms with Crippen molar-refractivity contribution in [2.45, 2.75) is 0 Å². The second kappa shape index (κ2) is 14.5. The van der Waals surface area contributed by atoms with Crippen molar-refractivity contribution in [2.75, 3.05) is 0 Å². The van der Waals surface area contributed by atoms with Gasteiger partial charge >= 0.3 is 0 Å². The molecule has 0 spiro atoms. The first-order valence-corrected chi connectivity index (χ1v) is 24.2. The van der Waals surface area contributed by atoms with Crippen LogP contribution in [0.25, 0.3) is 99.7 Å². The number of benzene rings is 11. The number of nitrogens with one attached hydrogen (secondary N) is 1. The Morgan fingerprint density at radius 2 is 0.746 bits per heavy atom. The molecular formula is C66H37N5. The average molecular weight is 900 g/mol. The first kappa shape index (κ1) is 38.4. The smallest absolute Gasteiger partial charge is 0.0817 e. The molecule has 0 saturated carbocycles. The number of nitrogens with zero attached hydrogens (tertiary/aromatic N) is 4. The molecule has 4 aliphatic rings. The first-order chi connectivity index (χ1) is 35.2. The molecule has 16 rings (SSSR count). The SMILES string of the molecule is c1ccc(-c2ccc3c(c2-c2cc4c([nH]c5ccccc54)c(-c4ccccc4)c2-c2c(-c4ccccc4)ccc4c2-c2c5c(ccc2=N4)=c2ccccc2=N5)-c2c4c(ccc2=N3)=c2ccccc2=N4)cc1. The van der Waals surface area contributed by atoms with E-state index in [0.717, 1.165) is 165 Å². The van der Waals surface area contributed by atoms with Crippen molar-refractivity contribution < 1.29 is 0 Å². The average Bonchev–Trinajstić information content (AvgIpc) is 4.26. The lowest BCUT2D eigenvalue weighted by Crippen LogP contribution is -2.04. The third-order valence-corrected chi connectivity index (χ3v) is 15.1. The van der Waals surface area contributed by atoms with Crippen molar-refractivity contribution in [1.29, 1.82) is 0 Å². The quantitative estimate of drug-likeness (QED) is 0.179. The zero-order valence-corrected chi connectivity index (χ0v) is 38.1. The maximum absolute atomic E-state index is 5.49. The summed E-state index contributed by atoms with van der Waals surface area (Å²) in [5.41, 5.74) is 21.3. The minimum Gasteiger partial charge on any atom is -0.354 e. The van der Waals surface area contributed by atoms with Crippen LogP contribution in [0.4, 0.5) is 22.7 Å². The molecule has 0 amide bonds. The van der Waals surface area contributed by atoms with Gasteiger partial charge in [-0.1, -0.05) is 158 Å². The second-order valence-electron chi connectivity index (χ2n) is 18.8. The molecule has 0 unspecified atom stereocenters. The van der Waals surface area contributed by atoms with Crippen LogP contribution in [0.3, 0.4) is 0 Å². The Bertz CT molecular complexity index is 4850. The maximum atomic E-state index is 5.49. The third kappa shape index (κ3) is 5.40. The van der Waals surface area contributed by atoms with Crippen LogP contribution in [0.15, 0.2) is 238 Å². The minimum absolute atomic E-state index is 0.923. The third-order valence-electron chi connectivity index (χ3n) is 15.1. The van der Waals surface area contributed by atoms with Crippen molar-refractivity contribution in [1.82, 2.24) is 4.98 Å². The number of aromatic nitrogens is 1. The molecule has 0 atom stereocenters. The fourth-order valence-electron chi connectivity index (χ4n) is 12.1. The van der Waals surface area contributed by atoms with Gasteiger partial charge in [0.2, 0.25) is 0 Å². The van der Waals surface area contributed by atoms with Crippen LogP contribution in [0.5, 0.6) is 0 Å². The van der Waals surface area contributed by atoms with Crippen molar-refractivity contribution in [2.24, 2.45) is 20.0 Å². The standard InChI is InChI=1S/C66H37N5/c1-4-16-37(17-5-1)40-28-32-52-60(62-54(67-52)34-30-45-42-22-10-13-25-49(42)69-64(45)62)57(40)48-36-47-44-24-12-15-27-51(44)71-66(47)56(39-20-8-3-9-21-39)59(48)58-41(38-18-6-2-7-19-38)29-33-53-61(58)63-55(68-53)35-31-46-43-23-11-14-26-50(43)70-65(46)63/h1-36,71H. The number of rotatable bonds is 5. The minimum atomic E-state index is 0.923. The van der Waals surface area contributed by atoms with Crippen molar-refractivity contribution in [3.63, 3.8) is 0 Å². The van der Waals surface area contributed by atoms with Gasteiger partial charge in [-0.2, -0.15) is 0 Å². The summed E-state index contributed by atoms with van der Waals surface area (Å²) in [6, 6.07) is 78.7. The predicted molar refractivity (Wildman–Crippen MR) is 285 cm³/mol. The van der Waals surface area contributed by atoms with Crippen LogP contribution in [0.2, 0.25) is 0 Å². The molecule has 0 saturated heterocycles. The van der Waals surface area contributed by atoms with E-state index in [1.807, 2.05) is 0 Å². The number of hydrogen-bond donors (Lipinski definition) is 1. The highest BCUT2D eigenvalue weighted by Crippen LogP contribution is 2.59. The molecule has 1 aromatic heterocycles. The fourth-order valence-corrected chi connectivity index (χ4v) is 12.1. The van der Waals surface area contributed by atoms with E-state index in [4.69, 9.17) is 20.0 Å². The van der Waals surface area contributed by atoms with Crippen LogP contribution in [0, 0.1) is 20.9 Å². The molecule has 0 bridgehead atoms. The summed E-state index contributed by atoms with van der Waals surface area (Å²) in [5, 5.41) is 10.6. The summed E-state index contributed by atoms with van der Waals surface area (Å²) in [6.07, 6.45) is 0. The van der Waals surface area contributed by atoms with E-state index in [9.17, 15) is 0 Å². The van der Waals surface area contributed by atoms with Gasteiger partial charge in [0.15, 0.2) is 0 Å². The van der Waals surface area contributed by atoms with Crippen molar-refractivity contribution in [3.8, 4) is 77.9 Å². The molecule has 12 aromatic rings. The second-order valence-corrected chi connectivity index (χ2v) is 18.8. The van der Waals surface area contributed by atoms with Gasteiger partial charge < -0.3 is 4.98 Å². The molecule has 4 aliphatic heterocycles. The first-order valence-electron chi connectivity index (χ1n) is 24.2. The summed E-state index contributed by atoms with van der Waals surface area (Å²) in [5.74, 6) is 0. The fraction of sp³-hybridized carbons (Fsp3) is 0. The molecule has 5 nitrogen and oxygen atoms in total. The predicted octanol–water partition coefficient (Wildman–Crippen LogP) is 14.6. The number of hydrogen-bond acceptors (Lipinski definition) is 4. The van der Waals surface area contributed by atoms with E-state index < -0.39 is 0 Å². The van der Waals surface area contributed by atoms with E-state index in [0.29, 0.717) is 0 Å². The van der Waals surface area contributed by atoms with Crippen LogP contribution in [0.1, 0.15) is 0 Å². The summed E-state index contributed by atoms with van der Waals surface area (Å²) in [6.45, 7) is 0. The highest BCUT2D eigenvalue weighted by atomic mass is 14.8. The van der Waals surface area contributed by atoms with Crippen LogP contribution in [-0.4, -0.2) is 4.98 Å². The van der Waals surface area contributed by atoms with E-state index >= 15 is 0 Å². The highest BCUT2D eigenvalue weighted by Gasteiger charge is 2.34. The molecule has 71 heavy (non-hydrogen) atoms. The van der Waals surface area contributed by atoms with Gasteiger partial charge in [0, 0.05) is 81.7 Å². The Labute approximate surface area is 406 Å².